The molecule has 11 rings (SSSR count). The van der Waals surface area contributed by atoms with Gasteiger partial charge in [-0.2, -0.15) is 0 Å². The van der Waals surface area contributed by atoms with Crippen LogP contribution in [0.25, 0.3) is 11.1 Å². The standard InChI is InChI=1S/C66H74BN3/c1-61(2,3)45-23-29-49(30-24-45)68-56-34-27-47(63(7,8)9)39-53(56)67-54-40-48(64(10,11)12)28-35-57(54)69(50-31-25-46(26-32-50)62(4,5)6)59-42-51(41-58(68)60(59)67)70-55-33-22-44(43-20-16-15-17-21-43)38-52(55)65(13)36-18-19-37-66(65,70)14/h15-17,20-35,38-42H,18-19,36-37H2,1-14H3. The van der Waals surface area contributed by atoms with Crippen molar-refractivity contribution in [3.8, 4) is 11.1 Å². The van der Waals surface area contributed by atoms with E-state index in [-0.39, 0.29) is 39.3 Å². The maximum Gasteiger partial charge on any atom is 0.252 e. The molecule has 0 amide bonds. The third-order valence-corrected chi connectivity index (χ3v) is 17.2. The molecule has 356 valence electrons. The average molecular weight is 920 g/mol. The number of nitrogens with zero attached hydrogens (tertiary/aromatic N) is 3. The zero-order valence-electron chi connectivity index (χ0n) is 44.6. The van der Waals surface area contributed by atoms with Crippen molar-refractivity contribution in [2.75, 3.05) is 14.7 Å². The van der Waals surface area contributed by atoms with E-state index in [1.165, 1.54) is 114 Å². The summed E-state index contributed by atoms with van der Waals surface area (Å²) in [5.41, 5.74) is 23.4. The molecule has 7 aromatic carbocycles. The summed E-state index contributed by atoms with van der Waals surface area (Å²) in [4.78, 5) is 8.06. The molecule has 1 aliphatic carbocycles. The quantitative estimate of drug-likeness (QED) is 0.163. The van der Waals surface area contributed by atoms with Crippen molar-refractivity contribution in [3.05, 3.63) is 173 Å². The number of rotatable bonds is 4. The van der Waals surface area contributed by atoms with Crippen LogP contribution in [0.15, 0.2) is 146 Å². The molecule has 0 spiro atoms. The molecular formula is C66H74BN3. The fraction of sp³-hybridized carbons (Fsp3) is 0.364. The predicted molar refractivity (Wildman–Crippen MR) is 304 cm³/mol. The Balaban J connectivity index is 1.25. The fourth-order valence-electron chi connectivity index (χ4n) is 12.8. The lowest BCUT2D eigenvalue weighted by Gasteiger charge is -2.51. The van der Waals surface area contributed by atoms with E-state index in [2.05, 4.69) is 257 Å². The Morgan fingerprint density at radius 1 is 0.400 bits per heavy atom. The van der Waals surface area contributed by atoms with Crippen LogP contribution in [0.3, 0.4) is 0 Å². The minimum atomic E-state index is -0.149. The van der Waals surface area contributed by atoms with Crippen LogP contribution in [0.1, 0.15) is 150 Å². The van der Waals surface area contributed by atoms with Crippen LogP contribution in [0.2, 0.25) is 0 Å². The van der Waals surface area contributed by atoms with E-state index in [9.17, 15) is 0 Å². The van der Waals surface area contributed by atoms with Crippen molar-refractivity contribution in [1.29, 1.82) is 0 Å². The molecule has 70 heavy (non-hydrogen) atoms. The molecule has 3 nitrogen and oxygen atoms in total. The molecule has 3 heterocycles. The highest BCUT2D eigenvalue weighted by Gasteiger charge is 2.58. The molecule has 2 atom stereocenters. The second-order valence-electron chi connectivity index (χ2n) is 25.9. The van der Waals surface area contributed by atoms with E-state index in [1.807, 2.05) is 0 Å². The van der Waals surface area contributed by atoms with Crippen LogP contribution in [0.5, 0.6) is 0 Å². The predicted octanol–water partition coefficient (Wildman–Crippen LogP) is 16.4. The maximum atomic E-state index is 2.81. The van der Waals surface area contributed by atoms with Crippen molar-refractivity contribution in [2.45, 2.75) is 155 Å². The topological polar surface area (TPSA) is 9.72 Å². The fourth-order valence-corrected chi connectivity index (χ4v) is 12.8. The highest BCUT2D eigenvalue weighted by Crippen LogP contribution is 2.62. The van der Waals surface area contributed by atoms with Gasteiger partial charge in [-0.1, -0.05) is 188 Å². The molecule has 0 saturated heterocycles. The molecule has 0 radical (unpaired) electrons. The second kappa shape index (κ2) is 15.8. The largest absolute Gasteiger partial charge is 0.334 e. The molecule has 0 N–H and O–H groups in total. The smallest absolute Gasteiger partial charge is 0.252 e. The third kappa shape index (κ3) is 7.20. The van der Waals surface area contributed by atoms with Gasteiger partial charge >= 0.3 is 0 Å². The van der Waals surface area contributed by atoms with Crippen molar-refractivity contribution in [3.63, 3.8) is 0 Å². The van der Waals surface area contributed by atoms with Gasteiger partial charge in [-0.15, -0.1) is 0 Å². The number of anilines is 8. The van der Waals surface area contributed by atoms with Gasteiger partial charge in [-0.25, -0.2) is 0 Å². The van der Waals surface area contributed by atoms with Crippen molar-refractivity contribution >= 4 is 68.6 Å². The molecule has 4 heteroatoms. The zero-order chi connectivity index (χ0) is 49.5. The summed E-state index contributed by atoms with van der Waals surface area (Å²) < 4.78 is 0. The monoisotopic (exact) mass is 920 g/mol. The lowest BCUT2D eigenvalue weighted by Crippen LogP contribution is -2.62. The Hall–Kier alpha value is -6.00. The Morgan fingerprint density at radius 3 is 1.31 bits per heavy atom. The number of hydrogen-bond donors (Lipinski definition) is 0. The SMILES string of the molecule is CC(C)(C)c1ccc(N2c3ccc(C(C)(C)C)cc3B3c4cc(C(C)(C)C)ccc4N(c4ccc(C(C)(C)C)cc4)c4cc(N5c6ccc(-c7ccccc7)cc6C6(C)CCCCC56C)cc2c43)cc1. The summed E-state index contributed by atoms with van der Waals surface area (Å²) in [7, 11) is 0. The molecule has 7 aromatic rings. The summed E-state index contributed by atoms with van der Waals surface area (Å²) >= 11 is 0. The van der Waals surface area contributed by atoms with Crippen LogP contribution in [-0.4, -0.2) is 12.3 Å². The van der Waals surface area contributed by atoms with Crippen molar-refractivity contribution in [2.24, 2.45) is 0 Å². The average Bonchev–Trinajstić information content (AvgIpc) is 3.52. The number of fused-ring (bicyclic) bond motifs is 7. The normalized spacial score (nSPS) is 19.6. The number of hydrogen-bond acceptors (Lipinski definition) is 3. The highest BCUT2D eigenvalue weighted by molar-refractivity contribution is 7.00. The van der Waals surface area contributed by atoms with Gasteiger partial charge in [-0.05, 0) is 157 Å². The zero-order valence-corrected chi connectivity index (χ0v) is 44.6. The van der Waals surface area contributed by atoms with Gasteiger partial charge in [0.15, 0.2) is 0 Å². The first-order valence-electron chi connectivity index (χ1n) is 26.3. The molecule has 0 bridgehead atoms. The first kappa shape index (κ1) is 46.4. The molecule has 0 aromatic heterocycles. The van der Waals surface area contributed by atoms with Crippen LogP contribution >= 0.6 is 0 Å². The van der Waals surface area contributed by atoms with Gasteiger partial charge in [0.25, 0.3) is 6.71 Å². The summed E-state index contributed by atoms with van der Waals surface area (Å²) in [6.45, 7) is 33.2. The lowest BCUT2D eigenvalue weighted by molar-refractivity contribution is 0.195. The molecule has 1 saturated carbocycles. The minimum absolute atomic E-state index is 0.0127. The second-order valence-corrected chi connectivity index (χ2v) is 25.9. The van der Waals surface area contributed by atoms with Gasteiger partial charge in [0.2, 0.25) is 0 Å². The Labute approximate surface area is 421 Å². The van der Waals surface area contributed by atoms with Crippen LogP contribution in [0, 0.1) is 0 Å². The molecular weight excluding hydrogens is 846 g/mol. The molecule has 3 aliphatic heterocycles. The Kier molecular flexibility index (Phi) is 10.4. The van der Waals surface area contributed by atoms with Crippen LogP contribution < -0.4 is 31.1 Å². The van der Waals surface area contributed by atoms with E-state index in [0.29, 0.717) is 0 Å². The third-order valence-electron chi connectivity index (χ3n) is 17.2. The van der Waals surface area contributed by atoms with Crippen molar-refractivity contribution in [1.82, 2.24) is 0 Å². The highest BCUT2D eigenvalue weighted by atomic mass is 15.3. The van der Waals surface area contributed by atoms with Crippen LogP contribution in [0.4, 0.5) is 45.5 Å². The maximum absolute atomic E-state index is 2.81. The van der Waals surface area contributed by atoms with Gasteiger partial charge in [-0.3, -0.25) is 0 Å². The molecule has 1 fully saturated rings. The molecule has 4 aliphatic rings. The van der Waals surface area contributed by atoms with E-state index < -0.39 is 0 Å². The van der Waals surface area contributed by atoms with E-state index >= 15 is 0 Å². The van der Waals surface area contributed by atoms with E-state index in [4.69, 9.17) is 0 Å². The van der Waals surface area contributed by atoms with Gasteiger partial charge in [0, 0.05) is 50.9 Å². The Morgan fingerprint density at radius 2 is 0.843 bits per heavy atom. The van der Waals surface area contributed by atoms with E-state index in [1.54, 1.807) is 0 Å². The van der Waals surface area contributed by atoms with Crippen LogP contribution in [-0.2, 0) is 27.1 Å². The summed E-state index contributed by atoms with van der Waals surface area (Å²) in [5, 5.41) is 0. The summed E-state index contributed by atoms with van der Waals surface area (Å²) in [6.07, 6.45) is 4.74. The van der Waals surface area contributed by atoms with Gasteiger partial charge in [0.1, 0.15) is 0 Å². The van der Waals surface area contributed by atoms with Crippen molar-refractivity contribution < 1.29 is 0 Å². The summed E-state index contributed by atoms with van der Waals surface area (Å²) in [6, 6.07) is 57.4. The minimum Gasteiger partial charge on any atom is -0.334 e. The molecule has 2 unspecified atom stereocenters. The van der Waals surface area contributed by atoms with Gasteiger partial charge < -0.3 is 14.7 Å². The van der Waals surface area contributed by atoms with Gasteiger partial charge in [0.05, 0.1) is 5.54 Å². The lowest BCUT2D eigenvalue weighted by atomic mass is 9.33. The Bertz CT molecular complexity index is 3030. The first-order valence-corrected chi connectivity index (χ1v) is 26.3. The number of benzene rings is 7. The first-order chi connectivity index (χ1) is 33.0. The van der Waals surface area contributed by atoms with E-state index in [0.717, 1.165) is 12.8 Å². The summed E-state index contributed by atoms with van der Waals surface area (Å²) in [5.74, 6) is 0.